The number of aliphatic carboxylic acids is 1. The Morgan fingerprint density at radius 1 is 0.912 bits per heavy atom. The highest BCUT2D eigenvalue weighted by Gasteiger charge is 2.20. The predicted molar refractivity (Wildman–Crippen MR) is 130 cm³/mol. The Balaban J connectivity index is 3.65. The van der Waals surface area contributed by atoms with Gasteiger partial charge in [-0.1, -0.05) is 43.6 Å². The fourth-order valence-electron chi connectivity index (χ4n) is 3.21. The van der Waals surface area contributed by atoms with E-state index < -0.39 is 31.8 Å². The summed E-state index contributed by atoms with van der Waals surface area (Å²) < 4.78 is 15.3. The Morgan fingerprint density at radius 2 is 1.50 bits per heavy atom. The average Bonchev–Trinajstić information content (AvgIpc) is 2.72. The number of amides is 2. The number of nitrogens with one attached hydrogen (secondary N) is 1. The number of primary amides is 1. The minimum absolute atomic E-state index is 0.00373. The van der Waals surface area contributed by atoms with Crippen LogP contribution in [0.1, 0.15) is 90.4 Å². The molecule has 0 fully saturated rings. The number of carboxylic acids is 1. The van der Waals surface area contributed by atoms with Crippen molar-refractivity contribution >= 4 is 25.6 Å². The molecule has 0 aromatic carbocycles. The van der Waals surface area contributed by atoms with Crippen LogP contribution in [0.15, 0.2) is 24.3 Å². The second-order valence-corrected chi connectivity index (χ2v) is 9.48. The van der Waals surface area contributed by atoms with Gasteiger partial charge in [-0.15, -0.1) is 0 Å². The summed E-state index contributed by atoms with van der Waals surface area (Å²) in [6, 6.07) is -1.08. The van der Waals surface area contributed by atoms with Gasteiger partial charge in [0.1, 0.15) is 6.04 Å². The van der Waals surface area contributed by atoms with Gasteiger partial charge in [0.25, 0.3) is 0 Å². The van der Waals surface area contributed by atoms with Crippen LogP contribution in [0, 0.1) is 0 Å². The van der Waals surface area contributed by atoms with Crippen molar-refractivity contribution in [2.45, 2.75) is 103 Å². The number of unbranched alkanes of at least 4 members (excludes halogenated alkanes) is 6. The molecule has 0 heterocycles. The number of rotatable bonds is 21. The van der Waals surface area contributed by atoms with E-state index >= 15 is 0 Å². The molecule has 0 aliphatic rings. The van der Waals surface area contributed by atoms with Gasteiger partial charge in [-0.25, -0.2) is 9.36 Å². The molecule has 0 aromatic heterocycles. The molecule has 0 bridgehead atoms. The van der Waals surface area contributed by atoms with Crippen LogP contribution < -0.4 is 11.1 Å². The van der Waals surface area contributed by atoms with Crippen LogP contribution in [0.4, 0.5) is 0 Å². The topological polar surface area (TPSA) is 176 Å². The van der Waals surface area contributed by atoms with Crippen LogP contribution in [-0.2, 0) is 23.5 Å². The van der Waals surface area contributed by atoms with Crippen molar-refractivity contribution < 1.29 is 38.4 Å². The number of carboxylic acid groups (broad SMARTS) is 1. The van der Waals surface area contributed by atoms with E-state index in [0.29, 0.717) is 12.8 Å². The molecule has 2 unspecified atom stereocenters. The van der Waals surface area contributed by atoms with Gasteiger partial charge in [0.05, 0.1) is 6.10 Å². The van der Waals surface area contributed by atoms with Crippen LogP contribution in [0.25, 0.3) is 0 Å². The maximum atomic E-state index is 11.9. The lowest BCUT2D eigenvalue weighted by Gasteiger charge is -2.13. The normalized spacial score (nSPS) is 13.9. The van der Waals surface area contributed by atoms with Crippen molar-refractivity contribution in [2.24, 2.45) is 5.73 Å². The van der Waals surface area contributed by atoms with Crippen molar-refractivity contribution in [2.75, 3.05) is 0 Å². The summed E-state index contributed by atoms with van der Waals surface area (Å²) in [7, 11) is -4.40. The lowest BCUT2D eigenvalue weighted by atomic mass is 10.1. The average molecular weight is 505 g/mol. The minimum atomic E-state index is -4.40. The number of hydrogen-bond acceptors (Lipinski definition) is 5. The third kappa shape index (κ3) is 21.8. The monoisotopic (exact) mass is 504 g/mol. The van der Waals surface area contributed by atoms with E-state index in [1.165, 1.54) is 0 Å². The molecule has 11 heteroatoms. The van der Waals surface area contributed by atoms with Gasteiger partial charge in [0, 0.05) is 12.8 Å². The molecule has 6 N–H and O–H groups in total. The van der Waals surface area contributed by atoms with Crippen molar-refractivity contribution in [1.82, 2.24) is 5.32 Å². The Bertz CT molecular complexity index is 705. The molecule has 34 heavy (non-hydrogen) atoms. The van der Waals surface area contributed by atoms with Gasteiger partial charge >= 0.3 is 13.8 Å². The van der Waals surface area contributed by atoms with E-state index in [9.17, 15) is 18.9 Å². The summed E-state index contributed by atoms with van der Waals surface area (Å²) in [5, 5.41) is 11.5. The first-order valence-corrected chi connectivity index (χ1v) is 13.4. The van der Waals surface area contributed by atoms with E-state index in [0.717, 1.165) is 51.4 Å². The molecule has 0 saturated heterocycles. The summed E-state index contributed by atoms with van der Waals surface area (Å²) in [4.78, 5) is 51.2. The first-order valence-electron chi connectivity index (χ1n) is 11.9. The molecule has 196 valence electrons. The van der Waals surface area contributed by atoms with Crippen molar-refractivity contribution in [3.8, 4) is 0 Å². The molecule has 0 radical (unpaired) electrons. The lowest BCUT2D eigenvalue weighted by molar-refractivity contribution is -0.142. The van der Waals surface area contributed by atoms with E-state index in [1.807, 2.05) is 0 Å². The van der Waals surface area contributed by atoms with Crippen LogP contribution in [0.3, 0.4) is 0 Å². The molecular weight excluding hydrogens is 463 g/mol. The summed E-state index contributed by atoms with van der Waals surface area (Å²) >= 11 is 0. The standard InChI is InChI=1S/C23H41N2O8P/c1-19(33-34(30,31)32)15-13-11-9-7-5-3-2-4-6-8-10-12-14-16-22(27)25-20(23(28)29)17-18-21(24)26/h2-3,7,9,19-20H,4-6,8,10-18H2,1H3,(H2,24,26)(H,25,27)(H,28,29)(H2,30,31,32). The fraction of sp³-hybridized carbons (Fsp3) is 0.696. The Morgan fingerprint density at radius 3 is 2.09 bits per heavy atom. The quantitative estimate of drug-likeness (QED) is 0.0892. The summed E-state index contributed by atoms with van der Waals surface area (Å²) in [5.41, 5.74) is 5.01. The SMILES string of the molecule is CC(CCCC=CCC=CCCCCCCCC(=O)NC(CCC(N)=O)C(=O)O)OP(=O)(O)O. The number of carbonyl (C=O) groups excluding carboxylic acids is 2. The summed E-state index contributed by atoms with van der Waals surface area (Å²) in [5.74, 6) is -2.08. The summed E-state index contributed by atoms with van der Waals surface area (Å²) in [6.45, 7) is 1.65. The number of carbonyl (C=O) groups is 3. The van der Waals surface area contributed by atoms with Crippen molar-refractivity contribution in [1.29, 1.82) is 0 Å². The van der Waals surface area contributed by atoms with Crippen LogP contribution in [-0.4, -0.2) is 44.8 Å². The molecule has 2 atom stereocenters. The van der Waals surface area contributed by atoms with Crippen LogP contribution in [0.5, 0.6) is 0 Å². The zero-order valence-electron chi connectivity index (χ0n) is 20.1. The number of phosphoric acid groups is 1. The minimum Gasteiger partial charge on any atom is -0.480 e. The van der Waals surface area contributed by atoms with Gasteiger partial charge in [-0.3, -0.25) is 14.1 Å². The molecule has 2 amide bonds. The largest absolute Gasteiger partial charge is 0.480 e. The molecule has 10 nitrogen and oxygen atoms in total. The maximum Gasteiger partial charge on any atom is 0.469 e. The highest BCUT2D eigenvalue weighted by atomic mass is 31.2. The predicted octanol–water partition coefficient (Wildman–Crippen LogP) is 3.72. The third-order valence-corrected chi connectivity index (χ3v) is 5.63. The van der Waals surface area contributed by atoms with E-state index in [1.54, 1.807) is 6.92 Å². The molecule has 0 aromatic rings. The number of hydrogen-bond donors (Lipinski definition) is 5. The first-order chi connectivity index (χ1) is 16.0. The highest BCUT2D eigenvalue weighted by molar-refractivity contribution is 7.46. The van der Waals surface area contributed by atoms with Crippen molar-refractivity contribution in [3.63, 3.8) is 0 Å². The smallest absolute Gasteiger partial charge is 0.469 e. The van der Waals surface area contributed by atoms with Gasteiger partial charge < -0.3 is 25.9 Å². The fourth-order valence-corrected chi connectivity index (χ4v) is 3.78. The number of allylic oxidation sites excluding steroid dienone is 4. The Kier molecular flexibility index (Phi) is 18.2. The first kappa shape index (κ1) is 32.0. The Hall–Kier alpha value is -2.00. The van der Waals surface area contributed by atoms with E-state index in [2.05, 4.69) is 34.1 Å². The van der Waals surface area contributed by atoms with E-state index in [4.69, 9.17) is 20.6 Å². The zero-order valence-corrected chi connectivity index (χ0v) is 21.0. The van der Waals surface area contributed by atoms with Crippen LogP contribution >= 0.6 is 7.82 Å². The van der Waals surface area contributed by atoms with E-state index in [-0.39, 0.29) is 25.2 Å². The van der Waals surface area contributed by atoms with Crippen molar-refractivity contribution in [3.05, 3.63) is 24.3 Å². The molecule has 0 aliphatic heterocycles. The van der Waals surface area contributed by atoms with Gasteiger partial charge in [0.2, 0.25) is 11.8 Å². The Labute approximate surface area is 202 Å². The van der Waals surface area contributed by atoms with Gasteiger partial charge in [0.15, 0.2) is 0 Å². The molecular formula is C23H41N2O8P. The third-order valence-electron chi connectivity index (χ3n) is 4.99. The van der Waals surface area contributed by atoms with Gasteiger partial charge in [-0.2, -0.15) is 0 Å². The highest BCUT2D eigenvalue weighted by Crippen LogP contribution is 2.38. The second-order valence-electron chi connectivity index (χ2n) is 8.29. The molecule has 0 spiro atoms. The second kappa shape index (κ2) is 19.3. The zero-order chi connectivity index (χ0) is 25.8. The lowest BCUT2D eigenvalue weighted by Crippen LogP contribution is -2.41. The molecule has 0 aliphatic carbocycles. The maximum absolute atomic E-state index is 11.9. The summed E-state index contributed by atoms with van der Waals surface area (Å²) in [6.07, 6.45) is 16.9. The number of phosphoric ester groups is 1. The van der Waals surface area contributed by atoms with Crippen LogP contribution in [0.2, 0.25) is 0 Å². The molecule has 0 rings (SSSR count). The van der Waals surface area contributed by atoms with Gasteiger partial charge in [-0.05, 0) is 58.3 Å². The molecule has 0 saturated carbocycles. The number of nitrogens with two attached hydrogens (primary N) is 1.